The third-order valence-corrected chi connectivity index (χ3v) is 16.9. The van der Waals surface area contributed by atoms with Crippen molar-refractivity contribution in [2.75, 3.05) is 24.7 Å². The molecule has 6 aromatic carbocycles. The lowest BCUT2D eigenvalue weighted by Crippen LogP contribution is -2.56. The summed E-state index contributed by atoms with van der Waals surface area (Å²) in [6.07, 6.45) is -9.43. The van der Waals surface area contributed by atoms with Gasteiger partial charge >= 0.3 is 41.8 Å². The van der Waals surface area contributed by atoms with Crippen molar-refractivity contribution in [2.45, 2.75) is 129 Å². The maximum Gasteiger partial charge on any atom is 0.365 e. The SMILES string of the molecule is Cc1ccc(C(=O)OC[C@H]2O[C@@H](C(=O)NCc3nnc(N)[nH]c3=O)[C@](C)(OC(=O)c3ccc(C)cc3)[C@@H]2OC(=O)c2ccc(C)cc2)cc1.Cc1ccc(C(=O)OC[C@H]2O[C@@H](C(=O)ON3C(=O)CCC3=O)[C@](C)(OC(=O)c3ccc(C)cc3)[C@@H]2OC(=O)c2ccc(C)cc2)cc1.Cl.NCc1nnc(N)[nH]c1=O. The normalized spacial score (nSPS) is 19.7. The summed E-state index contributed by atoms with van der Waals surface area (Å²) in [5.74, 6) is -8.60. The van der Waals surface area contributed by atoms with Crippen LogP contribution in [0.4, 0.5) is 11.9 Å². The molecular formula is C74H76ClN11O21. The average Bonchev–Trinajstić information content (AvgIpc) is 1.61. The summed E-state index contributed by atoms with van der Waals surface area (Å²) in [7, 11) is 0. The number of ether oxygens (including phenoxy) is 8. The minimum atomic E-state index is -2.10. The summed E-state index contributed by atoms with van der Waals surface area (Å²) in [6.45, 7) is 12.4. The van der Waals surface area contributed by atoms with Gasteiger partial charge in [-0.25, -0.2) is 33.6 Å². The first-order valence-electron chi connectivity index (χ1n) is 32.8. The molecule has 32 nitrogen and oxygen atoms in total. The number of hydrogen-bond acceptors (Lipinski definition) is 28. The van der Waals surface area contributed by atoms with E-state index >= 15 is 0 Å². The molecule has 5 heterocycles. The Morgan fingerprint density at radius 2 is 0.776 bits per heavy atom. The smallest absolute Gasteiger partial charge is 0.365 e. The molecule has 107 heavy (non-hydrogen) atoms. The van der Waals surface area contributed by atoms with Gasteiger partial charge < -0.3 is 65.3 Å². The van der Waals surface area contributed by atoms with Crippen molar-refractivity contribution in [2.24, 2.45) is 5.73 Å². The highest BCUT2D eigenvalue weighted by Gasteiger charge is 2.64. The number of rotatable bonds is 20. The molecule has 560 valence electrons. The van der Waals surface area contributed by atoms with Crippen molar-refractivity contribution in [1.29, 1.82) is 0 Å². The first-order chi connectivity index (χ1) is 50.4. The van der Waals surface area contributed by atoms with Gasteiger partial charge in [0.15, 0.2) is 29.5 Å². The Kier molecular flexibility index (Phi) is 26.6. The zero-order valence-electron chi connectivity index (χ0n) is 59.0. The third-order valence-electron chi connectivity index (χ3n) is 16.9. The summed E-state index contributed by atoms with van der Waals surface area (Å²) in [5, 5.41) is 17.0. The van der Waals surface area contributed by atoms with Crippen molar-refractivity contribution >= 4 is 83.8 Å². The summed E-state index contributed by atoms with van der Waals surface area (Å²) in [6, 6.07) is 39.2. The van der Waals surface area contributed by atoms with Gasteiger partial charge in [-0.3, -0.25) is 33.9 Å². The molecule has 11 rings (SSSR count). The maximum absolute atomic E-state index is 13.8. The Morgan fingerprint density at radius 1 is 0.467 bits per heavy atom. The number of anilines is 2. The number of nitrogens with two attached hydrogens (primary N) is 3. The fourth-order valence-electron chi connectivity index (χ4n) is 10.8. The van der Waals surface area contributed by atoms with Crippen LogP contribution >= 0.6 is 12.4 Å². The van der Waals surface area contributed by atoms with Crippen LogP contribution in [0.1, 0.15) is 134 Å². The van der Waals surface area contributed by atoms with Gasteiger partial charge in [-0.15, -0.1) is 37.9 Å². The fraction of sp³-hybridized carbons (Fsp3) is 0.297. The molecule has 8 atom stereocenters. The molecule has 3 aliphatic heterocycles. The standard InChI is InChI=1S/C35H35N5O9.C35H33NO11.C4H7N5O.ClH/c1-19-5-11-22(12-6-19)31(43)46-18-26-27(48-32(44)23-13-7-20(2)8-14-23)35(4,49-33(45)24-15-9-21(3)10-16-24)28(47-26)30(42)37-17-25-29(41)38-34(36)40-39-25;1-20-5-11-23(12-6-20)31(39)43-19-26-29(45-32(40)24-13-7-21(2)8-14-24)35(4,46-33(41)25-15-9-22(3)10-16-25)30(44-26)34(42)47-36-27(37)17-18-28(36)38;5-1-2-3(10)7-4(6)9-8-2;/h5-16,26-28H,17-18H2,1-4H3,(H,37,42)(H3,36,38,40,41);5-16,26,29-30H,17-19H2,1-4H3;1,5H2,(H3,6,7,9,10);1H/t26-,27-,28+,35-;26-,29-,30+,35-;;/m11../s1. The number of nitrogens with zero attached hydrogens (tertiary/aromatic N) is 5. The van der Waals surface area contributed by atoms with E-state index in [2.05, 4.69) is 35.7 Å². The number of hydroxylamine groups is 2. The van der Waals surface area contributed by atoms with Crippen LogP contribution in [0.2, 0.25) is 0 Å². The van der Waals surface area contributed by atoms with Gasteiger partial charge in [-0.2, -0.15) is 0 Å². The molecule has 0 bridgehead atoms. The molecule has 3 aliphatic rings. The number of carbonyl (C=O) groups excluding carboxylic acids is 10. The Morgan fingerprint density at radius 3 is 1.11 bits per heavy atom. The zero-order chi connectivity index (χ0) is 76.7. The molecule has 0 unspecified atom stereocenters. The Labute approximate surface area is 616 Å². The molecule has 8 aromatic rings. The zero-order valence-corrected chi connectivity index (χ0v) is 59.8. The number of carbonyl (C=O) groups is 10. The number of nitrogen functional groups attached to an aromatic ring is 2. The van der Waals surface area contributed by atoms with E-state index in [1.54, 1.807) is 121 Å². The molecule has 0 saturated carbocycles. The molecule has 3 fully saturated rings. The Balaban J connectivity index is 0.000000236. The maximum atomic E-state index is 13.8. The number of halogens is 1. The van der Waals surface area contributed by atoms with Crippen LogP contribution in [0.5, 0.6) is 0 Å². The van der Waals surface area contributed by atoms with E-state index in [-0.39, 0.29) is 94.0 Å². The van der Waals surface area contributed by atoms with E-state index in [0.29, 0.717) is 5.06 Å². The monoisotopic (exact) mass is 1490 g/mol. The van der Waals surface area contributed by atoms with Gasteiger partial charge in [0.05, 0.1) is 39.9 Å². The average molecular weight is 1490 g/mol. The van der Waals surface area contributed by atoms with Crippen molar-refractivity contribution in [1.82, 2.24) is 40.7 Å². The van der Waals surface area contributed by atoms with Crippen LogP contribution in [0.25, 0.3) is 0 Å². The van der Waals surface area contributed by atoms with E-state index < -0.39 is 133 Å². The fourth-order valence-corrected chi connectivity index (χ4v) is 10.8. The first-order valence-corrected chi connectivity index (χ1v) is 32.8. The van der Waals surface area contributed by atoms with E-state index in [4.69, 9.17) is 59.9 Å². The van der Waals surface area contributed by atoms with Crippen LogP contribution in [0.15, 0.2) is 155 Å². The highest BCUT2D eigenvalue weighted by Crippen LogP contribution is 2.41. The predicted octanol–water partition coefficient (Wildman–Crippen LogP) is 5.37. The van der Waals surface area contributed by atoms with Gasteiger partial charge in [0, 0.05) is 19.4 Å². The van der Waals surface area contributed by atoms with Crippen LogP contribution in [0.3, 0.4) is 0 Å². The van der Waals surface area contributed by atoms with Crippen LogP contribution in [-0.4, -0.2) is 156 Å². The Bertz CT molecular complexity index is 4700. The molecule has 0 spiro atoms. The summed E-state index contributed by atoms with van der Waals surface area (Å²) in [4.78, 5) is 165. The van der Waals surface area contributed by atoms with Crippen molar-refractivity contribution in [3.05, 3.63) is 244 Å². The van der Waals surface area contributed by atoms with Gasteiger partial charge in [0.25, 0.3) is 28.8 Å². The topological polar surface area (TPSA) is 464 Å². The summed E-state index contributed by atoms with van der Waals surface area (Å²) >= 11 is 0. The summed E-state index contributed by atoms with van der Waals surface area (Å²) in [5.41, 5.74) is 17.1. The lowest BCUT2D eigenvalue weighted by atomic mass is 9.91. The number of aromatic amines is 2. The highest BCUT2D eigenvalue weighted by atomic mass is 35.5. The minimum absolute atomic E-state index is 0. The molecule has 33 heteroatoms. The van der Waals surface area contributed by atoms with E-state index in [9.17, 15) is 57.5 Å². The number of esters is 6. The number of H-pyrrole nitrogens is 2. The second kappa shape index (κ2) is 35.4. The van der Waals surface area contributed by atoms with Crippen molar-refractivity contribution in [3.8, 4) is 0 Å². The van der Waals surface area contributed by atoms with Crippen molar-refractivity contribution < 1.29 is 90.7 Å². The van der Waals surface area contributed by atoms with Crippen molar-refractivity contribution in [3.63, 3.8) is 0 Å². The predicted molar refractivity (Wildman–Crippen MR) is 379 cm³/mol. The lowest BCUT2D eigenvalue weighted by Gasteiger charge is -2.34. The number of amides is 3. The highest BCUT2D eigenvalue weighted by molar-refractivity contribution is 6.02. The molecule has 3 saturated heterocycles. The largest absolute Gasteiger partial charge is 0.459 e. The number of aryl methyl sites for hydroxylation is 6. The molecule has 9 N–H and O–H groups in total. The van der Waals surface area contributed by atoms with Gasteiger partial charge in [0.2, 0.25) is 18.0 Å². The van der Waals surface area contributed by atoms with Crippen LogP contribution < -0.4 is 33.6 Å². The Hall–Kier alpha value is -12.4. The number of hydrogen-bond donors (Lipinski definition) is 6. The second-order valence-electron chi connectivity index (χ2n) is 25.2. The number of benzene rings is 6. The van der Waals surface area contributed by atoms with E-state index in [1.807, 2.05) is 41.5 Å². The minimum Gasteiger partial charge on any atom is -0.459 e. The second-order valence-corrected chi connectivity index (χ2v) is 25.2. The first kappa shape index (κ1) is 80.3. The number of imide groups is 1. The van der Waals surface area contributed by atoms with Crippen LogP contribution in [0, 0.1) is 41.5 Å². The van der Waals surface area contributed by atoms with Gasteiger partial charge in [0.1, 0.15) is 36.8 Å². The summed E-state index contributed by atoms with van der Waals surface area (Å²) < 4.78 is 46.9. The van der Waals surface area contributed by atoms with E-state index in [0.717, 1.165) is 33.4 Å². The molecule has 2 aromatic heterocycles. The van der Waals surface area contributed by atoms with Crippen LogP contribution in [-0.2, 0) is 75.0 Å². The lowest BCUT2D eigenvalue weighted by molar-refractivity contribution is -0.210. The molecular weight excluding hydrogens is 1410 g/mol. The molecule has 0 radical (unpaired) electrons. The molecule has 3 amide bonds. The number of aromatic nitrogens is 6. The third kappa shape index (κ3) is 20.1. The molecule has 0 aliphatic carbocycles. The van der Waals surface area contributed by atoms with E-state index in [1.165, 1.54) is 38.1 Å². The van der Waals surface area contributed by atoms with Gasteiger partial charge in [-0.05, 0) is 128 Å². The van der Waals surface area contributed by atoms with Gasteiger partial charge in [-0.1, -0.05) is 106 Å². The number of nitrogens with one attached hydrogen (secondary N) is 3. The quantitative estimate of drug-likeness (QED) is 0.0317.